The average molecular weight is 493 g/mol. The molecule has 0 radical (unpaired) electrons. The molecule has 176 valence electrons. The number of nitrogens with two attached hydrogens (primary N) is 1. The second-order valence-corrected chi connectivity index (χ2v) is 7.55. The molecule has 0 atom stereocenters. The smallest absolute Gasteiger partial charge is 0.319 e. The summed E-state index contributed by atoms with van der Waals surface area (Å²) in [7, 11) is 0. The molecule has 0 amide bonds. The van der Waals surface area contributed by atoms with E-state index >= 15 is 0 Å². The van der Waals surface area contributed by atoms with Gasteiger partial charge in [-0.2, -0.15) is 0 Å². The molecule has 0 saturated carbocycles. The van der Waals surface area contributed by atoms with Crippen LogP contribution in [-0.2, 0) is 29.0 Å². The van der Waals surface area contributed by atoms with Crippen LogP contribution in [0.15, 0.2) is 24.3 Å². The Morgan fingerprint density at radius 2 is 1.71 bits per heavy atom. The maximum Gasteiger partial charge on any atom is 0.319 e. The SMILES string of the molecule is CCOC(=O)CNCc1c(C)nc(CC(C)C)c(CN)c1-c1ccc(C)cc1.Cl.Cl.Cl. The summed E-state index contributed by atoms with van der Waals surface area (Å²) in [6.45, 7) is 11.8. The number of aromatic nitrogens is 1. The molecule has 0 saturated heterocycles. The van der Waals surface area contributed by atoms with Gasteiger partial charge in [-0.15, -0.1) is 37.2 Å². The lowest BCUT2D eigenvalue weighted by atomic mass is 9.89. The molecule has 5 nitrogen and oxygen atoms in total. The standard InChI is InChI=1S/C23H33N3O2.3ClH/c1-6-28-22(27)14-25-13-20-17(5)26-21(11-15(2)3)19(12-24)23(20)18-9-7-16(4)8-10-18;;;/h7-10,15,25H,6,11-14,24H2,1-5H3;3*1H. The van der Waals surface area contributed by atoms with Crippen molar-refractivity contribution in [2.24, 2.45) is 11.7 Å². The summed E-state index contributed by atoms with van der Waals surface area (Å²) >= 11 is 0. The lowest BCUT2D eigenvalue weighted by Gasteiger charge is -2.21. The number of carbonyl (C=O) groups excluding carboxylic acids is 1. The van der Waals surface area contributed by atoms with E-state index in [0.29, 0.717) is 25.6 Å². The summed E-state index contributed by atoms with van der Waals surface area (Å²) in [4.78, 5) is 16.6. The van der Waals surface area contributed by atoms with Crippen molar-refractivity contribution in [2.45, 2.75) is 54.1 Å². The number of ether oxygens (including phenoxy) is 1. The first-order valence-electron chi connectivity index (χ1n) is 10.0. The summed E-state index contributed by atoms with van der Waals surface area (Å²) in [6.07, 6.45) is 0.892. The van der Waals surface area contributed by atoms with Gasteiger partial charge in [0.15, 0.2) is 0 Å². The molecule has 3 N–H and O–H groups in total. The van der Waals surface area contributed by atoms with Crippen molar-refractivity contribution in [3.05, 3.63) is 52.3 Å². The van der Waals surface area contributed by atoms with Crippen LogP contribution in [0.1, 0.15) is 48.8 Å². The molecule has 8 heteroatoms. The van der Waals surface area contributed by atoms with Crippen LogP contribution in [0.5, 0.6) is 0 Å². The Labute approximate surface area is 205 Å². The molecular formula is C23H36Cl3N3O2. The lowest BCUT2D eigenvalue weighted by molar-refractivity contribution is -0.142. The largest absolute Gasteiger partial charge is 0.465 e. The zero-order valence-electron chi connectivity index (χ0n) is 19.0. The minimum Gasteiger partial charge on any atom is -0.465 e. The van der Waals surface area contributed by atoms with Crippen LogP contribution in [-0.4, -0.2) is 24.1 Å². The van der Waals surface area contributed by atoms with Crippen LogP contribution in [0.2, 0.25) is 0 Å². The Morgan fingerprint density at radius 3 is 2.23 bits per heavy atom. The maximum atomic E-state index is 11.7. The molecule has 0 spiro atoms. The lowest BCUT2D eigenvalue weighted by Crippen LogP contribution is -2.25. The Bertz CT molecular complexity index is 813. The van der Waals surface area contributed by atoms with Gasteiger partial charge in [0.1, 0.15) is 0 Å². The zero-order valence-corrected chi connectivity index (χ0v) is 21.4. The number of nitrogens with one attached hydrogen (secondary N) is 1. The third-order valence-electron chi connectivity index (χ3n) is 4.71. The van der Waals surface area contributed by atoms with E-state index in [9.17, 15) is 4.79 Å². The number of esters is 1. The van der Waals surface area contributed by atoms with Crippen LogP contribution < -0.4 is 11.1 Å². The molecule has 1 heterocycles. The first kappa shape index (κ1) is 31.8. The normalized spacial score (nSPS) is 10.0. The van der Waals surface area contributed by atoms with Crippen LogP contribution in [0.3, 0.4) is 0 Å². The number of halogens is 3. The summed E-state index contributed by atoms with van der Waals surface area (Å²) in [5.41, 5.74) is 13.9. The fourth-order valence-electron chi connectivity index (χ4n) is 3.41. The first-order chi connectivity index (χ1) is 13.4. The van der Waals surface area contributed by atoms with E-state index in [2.05, 4.69) is 50.4 Å². The quantitative estimate of drug-likeness (QED) is 0.485. The van der Waals surface area contributed by atoms with Crippen molar-refractivity contribution in [3.63, 3.8) is 0 Å². The van der Waals surface area contributed by atoms with E-state index < -0.39 is 0 Å². The molecule has 0 unspecified atom stereocenters. The minimum absolute atomic E-state index is 0. The Morgan fingerprint density at radius 1 is 1.10 bits per heavy atom. The van der Waals surface area contributed by atoms with Gasteiger partial charge in [-0.3, -0.25) is 9.78 Å². The van der Waals surface area contributed by atoms with Gasteiger partial charge < -0.3 is 15.8 Å². The molecule has 0 fully saturated rings. The molecule has 1 aromatic heterocycles. The minimum atomic E-state index is -0.250. The highest BCUT2D eigenvalue weighted by Crippen LogP contribution is 2.32. The van der Waals surface area contributed by atoms with E-state index in [0.717, 1.165) is 40.1 Å². The maximum absolute atomic E-state index is 11.7. The number of rotatable bonds is 9. The van der Waals surface area contributed by atoms with Gasteiger partial charge in [0.25, 0.3) is 0 Å². The van der Waals surface area contributed by atoms with E-state index in [1.165, 1.54) is 5.56 Å². The Balaban J connectivity index is 0. The summed E-state index contributed by atoms with van der Waals surface area (Å²) < 4.78 is 5.01. The van der Waals surface area contributed by atoms with E-state index in [1.54, 1.807) is 0 Å². The van der Waals surface area contributed by atoms with Crippen molar-refractivity contribution in [1.82, 2.24) is 10.3 Å². The highest BCUT2D eigenvalue weighted by Gasteiger charge is 2.19. The van der Waals surface area contributed by atoms with Gasteiger partial charge in [0.2, 0.25) is 0 Å². The molecule has 0 aliphatic rings. The molecule has 1 aromatic carbocycles. The highest BCUT2D eigenvalue weighted by molar-refractivity contribution is 5.86. The van der Waals surface area contributed by atoms with Crippen LogP contribution >= 0.6 is 37.2 Å². The topological polar surface area (TPSA) is 77.2 Å². The van der Waals surface area contributed by atoms with Crippen LogP contribution in [0.4, 0.5) is 0 Å². The van der Waals surface area contributed by atoms with Gasteiger partial charge in [-0.05, 0) is 55.4 Å². The van der Waals surface area contributed by atoms with Gasteiger partial charge >= 0.3 is 5.97 Å². The molecule has 0 bridgehead atoms. The van der Waals surface area contributed by atoms with Crippen molar-refractivity contribution in [2.75, 3.05) is 13.2 Å². The predicted molar refractivity (Wildman–Crippen MR) is 136 cm³/mol. The second-order valence-electron chi connectivity index (χ2n) is 7.55. The molecule has 0 aliphatic heterocycles. The van der Waals surface area contributed by atoms with Gasteiger partial charge in [0.05, 0.1) is 13.2 Å². The third kappa shape index (κ3) is 8.95. The molecule has 2 aromatic rings. The average Bonchev–Trinajstić information content (AvgIpc) is 2.63. The van der Waals surface area contributed by atoms with Gasteiger partial charge in [-0.1, -0.05) is 43.7 Å². The van der Waals surface area contributed by atoms with Crippen molar-refractivity contribution < 1.29 is 9.53 Å². The highest BCUT2D eigenvalue weighted by atomic mass is 35.5. The molecular weight excluding hydrogens is 457 g/mol. The second kappa shape index (κ2) is 15.4. The Hall–Kier alpha value is -1.37. The number of pyridine rings is 1. The molecule has 0 aliphatic carbocycles. The molecule has 2 rings (SSSR count). The van der Waals surface area contributed by atoms with Gasteiger partial charge in [-0.25, -0.2) is 0 Å². The van der Waals surface area contributed by atoms with Crippen molar-refractivity contribution in [1.29, 1.82) is 0 Å². The zero-order chi connectivity index (χ0) is 20.7. The number of carbonyl (C=O) groups is 1. The predicted octanol–water partition coefficient (Wildman–Crippen LogP) is 4.94. The van der Waals surface area contributed by atoms with Crippen molar-refractivity contribution >= 4 is 43.2 Å². The monoisotopic (exact) mass is 491 g/mol. The van der Waals surface area contributed by atoms with E-state index in [1.807, 2.05) is 13.8 Å². The summed E-state index contributed by atoms with van der Waals surface area (Å²) in [6, 6.07) is 8.50. The van der Waals surface area contributed by atoms with E-state index in [4.69, 9.17) is 15.5 Å². The van der Waals surface area contributed by atoms with Crippen molar-refractivity contribution in [3.8, 4) is 11.1 Å². The number of benzene rings is 1. The van der Waals surface area contributed by atoms with E-state index in [-0.39, 0.29) is 49.7 Å². The number of nitrogens with zero attached hydrogens (tertiary/aromatic N) is 1. The van der Waals surface area contributed by atoms with Gasteiger partial charge in [0, 0.05) is 24.5 Å². The summed E-state index contributed by atoms with van der Waals surface area (Å²) in [5.74, 6) is 0.247. The number of aryl methyl sites for hydroxylation is 2. The fraction of sp³-hybridized carbons (Fsp3) is 0.478. The third-order valence-corrected chi connectivity index (χ3v) is 4.71. The fourth-order valence-corrected chi connectivity index (χ4v) is 3.41. The van der Waals surface area contributed by atoms with Crippen LogP contribution in [0, 0.1) is 19.8 Å². The summed E-state index contributed by atoms with van der Waals surface area (Å²) in [5, 5.41) is 3.20. The first-order valence-corrected chi connectivity index (χ1v) is 10.0. The number of hydrogen-bond acceptors (Lipinski definition) is 5. The molecule has 31 heavy (non-hydrogen) atoms. The van der Waals surface area contributed by atoms with Crippen LogP contribution in [0.25, 0.3) is 11.1 Å². The Kier molecular flexibility index (Phi) is 15.8. The number of hydrogen-bond donors (Lipinski definition) is 2.